The molecule has 0 amide bonds. The lowest BCUT2D eigenvalue weighted by atomic mass is 10.4. The van der Waals surface area contributed by atoms with Crippen LogP contribution in [0.5, 0.6) is 0 Å². The Morgan fingerprint density at radius 1 is 1.59 bits per heavy atom. The van der Waals surface area contributed by atoms with Crippen LogP contribution in [0.15, 0.2) is 6.20 Å². The van der Waals surface area contributed by atoms with E-state index in [0.717, 1.165) is 16.2 Å². The first-order valence-electron chi connectivity index (χ1n) is 4.37. The number of rotatable bonds is 5. The number of hydrogen-bond donors (Lipinski definition) is 1. The van der Waals surface area contributed by atoms with Gasteiger partial charge in [0.1, 0.15) is 9.34 Å². The number of carbonyl (C=O) groups is 1. The summed E-state index contributed by atoms with van der Waals surface area (Å²) in [6, 6.07) is 0. The van der Waals surface area contributed by atoms with E-state index in [1.54, 1.807) is 0 Å². The number of aliphatic carboxylic acids is 1. The van der Waals surface area contributed by atoms with Crippen LogP contribution < -0.4 is 0 Å². The SMILES string of the molecule is O=C(O)CN(Cc1ncc(Cl)s1)CC(F)(F)F. The summed E-state index contributed by atoms with van der Waals surface area (Å²) in [6.45, 7) is -2.18. The van der Waals surface area contributed by atoms with Crippen molar-refractivity contribution in [2.45, 2.75) is 12.7 Å². The highest BCUT2D eigenvalue weighted by Gasteiger charge is 2.31. The maximum absolute atomic E-state index is 12.2. The molecule has 0 bridgehead atoms. The molecule has 1 aromatic heterocycles. The second kappa shape index (κ2) is 5.65. The molecule has 4 nitrogen and oxygen atoms in total. The van der Waals surface area contributed by atoms with Crippen molar-refractivity contribution in [2.24, 2.45) is 0 Å². The van der Waals surface area contributed by atoms with Crippen LogP contribution in [0.1, 0.15) is 5.01 Å². The van der Waals surface area contributed by atoms with E-state index in [1.807, 2.05) is 0 Å². The number of carboxylic acids is 1. The van der Waals surface area contributed by atoms with Crippen LogP contribution in [0.25, 0.3) is 0 Å². The molecular weight excluding hydrogens is 281 g/mol. The van der Waals surface area contributed by atoms with Crippen LogP contribution >= 0.6 is 22.9 Å². The molecule has 1 rings (SSSR count). The largest absolute Gasteiger partial charge is 0.480 e. The minimum atomic E-state index is -4.45. The summed E-state index contributed by atoms with van der Waals surface area (Å²) < 4.78 is 36.9. The van der Waals surface area contributed by atoms with Gasteiger partial charge in [-0.05, 0) is 0 Å². The maximum Gasteiger partial charge on any atom is 0.401 e. The van der Waals surface area contributed by atoms with Gasteiger partial charge in [-0.3, -0.25) is 9.69 Å². The van der Waals surface area contributed by atoms with Crippen molar-refractivity contribution in [1.29, 1.82) is 0 Å². The first kappa shape index (κ1) is 14.2. The number of nitrogens with zero attached hydrogens (tertiary/aromatic N) is 2. The van der Waals surface area contributed by atoms with E-state index in [9.17, 15) is 18.0 Å². The minimum Gasteiger partial charge on any atom is -0.480 e. The third-order valence-corrected chi connectivity index (χ3v) is 2.75. The van der Waals surface area contributed by atoms with Gasteiger partial charge in [-0.2, -0.15) is 13.2 Å². The van der Waals surface area contributed by atoms with Crippen LogP contribution in [0.3, 0.4) is 0 Å². The molecule has 0 atom stereocenters. The Morgan fingerprint density at radius 2 is 2.24 bits per heavy atom. The molecule has 17 heavy (non-hydrogen) atoms. The van der Waals surface area contributed by atoms with Crippen molar-refractivity contribution in [2.75, 3.05) is 13.1 Å². The first-order chi connectivity index (χ1) is 7.76. The third kappa shape index (κ3) is 5.85. The quantitative estimate of drug-likeness (QED) is 0.903. The summed E-state index contributed by atoms with van der Waals surface area (Å²) in [5, 5.41) is 8.86. The molecule has 0 radical (unpaired) electrons. The highest BCUT2D eigenvalue weighted by atomic mass is 35.5. The molecule has 0 aliphatic carbocycles. The van der Waals surface area contributed by atoms with Gasteiger partial charge in [0, 0.05) is 0 Å². The highest BCUT2D eigenvalue weighted by molar-refractivity contribution is 7.15. The van der Waals surface area contributed by atoms with Gasteiger partial charge in [0.25, 0.3) is 0 Å². The Labute approximate surface area is 104 Å². The number of halogens is 4. The molecule has 0 saturated heterocycles. The van der Waals surface area contributed by atoms with E-state index in [4.69, 9.17) is 16.7 Å². The lowest BCUT2D eigenvalue weighted by Gasteiger charge is -2.20. The van der Waals surface area contributed by atoms with Crippen molar-refractivity contribution in [3.63, 3.8) is 0 Å². The second-order valence-corrected chi connectivity index (χ2v) is 4.96. The van der Waals surface area contributed by atoms with Crippen molar-refractivity contribution in [3.05, 3.63) is 15.5 Å². The zero-order valence-corrected chi connectivity index (χ0v) is 9.94. The molecule has 0 saturated carbocycles. The average molecular weight is 289 g/mol. The normalized spacial score (nSPS) is 12.1. The number of carboxylic acid groups (broad SMARTS) is 1. The number of aromatic nitrogens is 1. The van der Waals surface area contributed by atoms with Crippen molar-refractivity contribution >= 4 is 28.9 Å². The van der Waals surface area contributed by atoms with Crippen LogP contribution in [-0.4, -0.2) is 40.2 Å². The summed E-state index contributed by atoms with van der Waals surface area (Å²) in [6.07, 6.45) is -3.13. The predicted octanol–water partition coefficient (Wildman–Crippen LogP) is 2.25. The number of hydrogen-bond acceptors (Lipinski definition) is 4. The average Bonchev–Trinajstić information content (AvgIpc) is 2.46. The minimum absolute atomic E-state index is 0.191. The second-order valence-electron chi connectivity index (χ2n) is 3.21. The number of alkyl halides is 3. The van der Waals surface area contributed by atoms with Gasteiger partial charge in [0.2, 0.25) is 0 Å². The van der Waals surface area contributed by atoms with Gasteiger partial charge in [-0.15, -0.1) is 11.3 Å². The fraction of sp³-hybridized carbons (Fsp3) is 0.500. The Hall–Kier alpha value is -0.860. The topological polar surface area (TPSA) is 53.4 Å². The molecular formula is C8H8ClF3N2O2S. The van der Waals surface area contributed by atoms with Gasteiger partial charge >= 0.3 is 12.1 Å². The lowest BCUT2D eigenvalue weighted by Crippen LogP contribution is -2.37. The molecule has 1 aromatic rings. The van der Waals surface area contributed by atoms with Gasteiger partial charge in [0.05, 0.1) is 25.8 Å². The van der Waals surface area contributed by atoms with Crippen LogP contribution in [-0.2, 0) is 11.3 Å². The molecule has 0 unspecified atom stereocenters. The monoisotopic (exact) mass is 288 g/mol. The molecule has 0 aromatic carbocycles. The number of thiazole rings is 1. The van der Waals surface area contributed by atoms with Gasteiger partial charge in [-0.25, -0.2) is 4.98 Å². The van der Waals surface area contributed by atoms with E-state index in [1.165, 1.54) is 6.20 Å². The summed E-state index contributed by atoms with van der Waals surface area (Å²) in [7, 11) is 0. The summed E-state index contributed by atoms with van der Waals surface area (Å²) in [4.78, 5) is 15.0. The molecule has 9 heteroatoms. The molecule has 0 spiro atoms. The third-order valence-electron chi connectivity index (χ3n) is 1.65. The van der Waals surface area contributed by atoms with E-state index < -0.39 is 25.2 Å². The zero-order valence-electron chi connectivity index (χ0n) is 8.37. The summed E-state index contributed by atoms with van der Waals surface area (Å²) in [5.41, 5.74) is 0. The Morgan fingerprint density at radius 3 is 2.65 bits per heavy atom. The standard InChI is InChI=1S/C8H8ClF3N2O2S/c9-5-1-13-6(17-5)2-14(3-7(15)16)4-8(10,11)12/h1H,2-4H2,(H,15,16). The molecule has 0 aliphatic heterocycles. The Balaban J connectivity index is 2.66. The van der Waals surface area contributed by atoms with E-state index in [-0.39, 0.29) is 6.54 Å². The predicted molar refractivity (Wildman–Crippen MR) is 56.1 cm³/mol. The van der Waals surface area contributed by atoms with Crippen LogP contribution in [0.4, 0.5) is 13.2 Å². The molecule has 0 fully saturated rings. The van der Waals surface area contributed by atoms with Gasteiger partial charge in [-0.1, -0.05) is 11.6 Å². The molecule has 1 heterocycles. The van der Waals surface area contributed by atoms with Crippen LogP contribution in [0.2, 0.25) is 4.34 Å². The maximum atomic E-state index is 12.2. The first-order valence-corrected chi connectivity index (χ1v) is 5.57. The fourth-order valence-corrected chi connectivity index (χ4v) is 2.16. The van der Waals surface area contributed by atoms with Gasteiger partial charge in [0.15, 0.2) is 0 Å². The highest BCUT2D eigenvalue weighted by Crippen LogP contribution is 2.22. The molecule has 0 aliphatic rings. The van der Waals surface area contributed by atoms with Gasteiger partial charge < -0.3 is 5.11 Å². The lowest BCUT2D eigenvalue weighted by molar-refractivity contribution is -0.154. The van der Waals surface area contributed by atoms with E-state index >= 15 is 0 Å². The van der Waals surface area contributed by atoms with Crippen molar-refractivity contribution < 1.29 is 23.1 Å². The smallest absolute Gasteiger partial charge is 0.401 e. The fourth-order valence-electron chi connectivity index (χ4n) is 1.16. The Bertz CT molecular complexity index is 396. The van der Waals surface area contributed by atoms with Crippen LogP contribution in [0, 0.1) is 0 Å². The van der Waals surface area contributed by atoms with Crippen molar-refractivity contribution in [1.82, 2.24) is 9.88 Å². The molecule has 1 N–H and O–H groups in total. The summed E-state index contributed by atoms with van der Waals surface area (Å²) in [5.74, 6) is -1.32. The van der Waals surface area contributed by atoms with E-state index in [2.05, 4.69) is 4.98 Å². The summed E-state index contributed by atoms with van der Waals surface area (Å²) >= 11 is 6.60. The molecule has 96 valence electrons. The Kier molecular flexibility index (Phi) is 4.72. The van der Waals surface area contributed by atoms with Crippen molar-refractivity contribution in [3.8, 4) is 0 Å². The van der Waals surface area contributed by atoms with E-state index in [0.29, 0.717) is 9.34 Å². The zero-order chi connectivity index (χ0) is 13.1.